The Morgan fingerprint density at radius 1 is 0.923 bits per heavy atom. The second-order valence-corrected chi connectivity index (χ2v) is 6.93. The zero-order chi connectivity index (χ0) is 9.10. The molecule has 2 heterocycles. The summed E-state index contributed by atoms with van der Waals surface area (Å²) in [5.41, 5.74) is 0. The lowest BCUT2D eigenvalue weighted by molar-refractivity contribution is 0.355. The molecule has 2 saturated heterocycles. The summed E-state index contributed by atoms with van der Waals surface area (Å²) in [5.74, 6) is 8.80. The molecular formula is C11H20S2. The van der Waals surface area contributed by atoms with Gasteiger partial charge in [-0.2, -0.15) is 23.5 Å². The molecule has 0 saturated carbocycles. The third-order valence-electron chi connectivity index (χ3n) is 3.18. The molecule has 3 atom stereocenters. The molecule has 2 rings (SSSR count). The van der Waals surface area contributed by atoms with E-state index in [1.165, 1.54) is 42.3 Å². The van der Waals surface area contributed by atoms with Crippen molar-refractivity contribution in [3.8, 4) is 0 Å². The summed E-state index contributed by atoms with van der Waals surface area (Å²) in [4.78, 5) is 0. The van der Waals surface area contributed by atoms with Crippen molar-refractivity contribution in [2.24, 2.45) is 17.8 Å². The molecule has 3 unspecified atom stereocenters. The number of hydrogen-bond donors (Lipinski definition) is 0. The minimum absolute atomic E-state index is 0.965. The standard InChI is InChI=1S/C11H20S2/c1-9-4-11-5-10(7-13-8-11)2-3-12-6-9/h9-11H,2-8H2,1H3. The van der Waals surface area contributed by atoms with Crippen LogP contribution in [0.25, 0.3) is 0 Å². The van der Waals surface area contributed by atoms with Crippen LogP contribution >= 0.6 is 23.5 Å². The molecule has 0 N–H and O–H groups in total. The number of rotatable bonds is 0. The van der Waals surface area contributed by atoms with Crippen molar-refractivity contribution in [1.29, 1.82) is 0 Å². The minimum atomic E-state index is 0.965. The molecule has 0 aromatic heterocycles. The van der Waals surface area contributed by atoms with Gasteiger partial charge in [-0.15, -0.1) is 0 Å². The molecule has 2 aliphatic heterocycles. The lowest BCUT2D eigenvalue weighted by Crippen LogP contribution is -2.21. The van der Waals surface area contributed by atoms with Gasteiger partial charge in [0.2, 0.25) is 0 Å². The average molecular weight is 216 g/mol. The van der Waals surface area contributed by atoms with E-state index in [-0.39, 0.29) is 0 Å². The highest BCUT2D eigenvalue weighted by molar-refractivity contribution is 7.99. The highest BCUT2D eigenvalue weighted by atomic mass is 32.2. The minimum Gasteiger partial charge on any atom is -0.162 e. The second kappa shape index (κ2) is 4.97. The molecule has 2 fully saturated rings. The first kappa shape index (κ1) is 10.2. The molecule has 0 aromatic carbocycles. The molecule has 0 radical (unpaired) electrons. The zero-order valence-electron chi connectivity index (χ0n) is 8.50. The Morgan fingerprint density at radius 3 is 2.69 bits per heavy atom. The molecule has 76 valence electrons. The third-order valence-corrected chi connectivity index (χ3v) is 5.93. The number of hydrogen-bond acceptors (Lipinski definition) is 2. The van der Waals surface area contributed by atoms with Gasteiger partial charge in [-0.1, -0.05) is 6.92 Å². The maximum atomic E-state index is 2.44. The maximum absolute atomic E-state index is 2.44. The third kappa shape index (κ3) is 3.09. The summed E-state index contributed by atoms with van der Waals surface area (Å²) in [7, 11) is 0. The van der Waals surface area contributed by atoms with Gasteiger partial charge in [-0.05, 0) is 60.0 Å². The fraction of sp³-hybridized carbons (Fsp3) is 1.00. The largest absolute Gasteiger partial charge is 0.162 e. The van der Waals surface area contributed by atoms with Gasteiger partial charge in [0.1, 0.15) is 0 Å². The summed E-state index contributed by atoms with van der Waals surface area (Å²) in [6.07, 6.45) is 4.52. The Morgan fingerprint density at radius 2 is 1.77 bits per heavy atom. The SMILES string of the molecule is CC1CSCCC2CSCC(C1)C2. The van der Waals surface area contributed by atoms with Crippen LogP contribution < -0.4 is 0 Å². The quantitative estimate of drug-likeness (QED) is 0.608. The van der Waals surface area contributed by atoms with Gasteiger partial charge in [0, 0.05) is 0 Å². The predicted molar refractivity (Wildman–Crippen MR) is 64.6 cm³/mol. The molecule has 2 aliphatic rings. The van der Waals surface area contributed by atoms with Crippen LogP contribution in [0, 0.1) is 17.8 Å². The first-order valence-electron chi connectivity index (χ1n) is 5.50. The summed E-state index contributed by atoms with van der Waals surface area (Å²) in [5, 5.41) is 0. The van der Waals surface area contributed by atoms with Crippen LogP contribution in [-0.2, 0) is 0 Å². The fourth-order valence-corrected chi connectivity index (χ4v) is 5.13. The van der Waals surface area contributed by atoms with Gasteiger partial charge in [-0.25, -0.2) is 0 Å². The van der Waals surface area contributed by atoms with Crippen LogP contribution in [0.3, 0.4) is 0 Å². The highest BCUT2D eigenvalue weighted by Gasteiger charge is 2.24. The number of fused-ring (bicyclic) bond motifs is 2. The smallest absolute Gasteiger partial charge is 0.00386 e. The van der Waals surface area contributed by atoms with Crippen molar-refractivity contribution in [3.05, 3.63) is 0 Å². The fourth-order valence-electron chi connectivity index (χ4n) is 2.55. The molecule has 0 amide bonds. The first-order chi connectivity index (χ1) is 6.34. The predicted octanol–water partition coefficient (Wildman–Crippen LogP) is 3.52. The van der Waals surface area contributed by atoms with E-state index in [1.54, 1.807) is 0 Å². The van der Waals surface area contributed by atoms with Gasteiger partial charge in [0.25, 0.3) is 0 Å². The monoisotopic (exact) mass is 216 g/mol. The Balaban J connectivity index is 1.93. The van der Waals surface area contributed by atoms with Crippen molar-refractivity contribution in [2.75, 3.05) is 23.0 Å². The molecule has 0 nitrogen and oxygen atoms in total. The van der Waals surface area contributed by atoms with Crippen LogP contribution in [0.15, 0.2) is 0 Å². The molecule has 0 aliphatic carbocycles. The normalized spacial score (nSPS) is 41.8. The first-order valence-corrected chi connectivity index (χ1v) is 7.81. The van der Waals surface area contributed by atoms with Crippen LogP contribution in [0.4, 0.5) is 0 Å². The molecule has 0 spiro atoms. The van der Waals surface area contributed by atoms with Crippen molar-refractivity contribution >= 4 is 23.5 Å². The van der Waals surface area contributed by atoms with Crippen LogP contribution in [0.1, 0.15) is 26.2 Å². The number of thioether (sulfide) groups is 2. The Bertz CT molecular complexity index is 156. The van der Waals surface area contributed by atoms with E-state index in [2.05, 4.69) is 30.4 Å². The van der Waals surface area contributed by atoms with Crippen LogP contribution in [-0.4, -0.2) is 23.0 Å². The van der Waals surface area contributed by atoms with Crippen molar-refractivity contribution in [3.63, 3.8) is 0 Å². The zero-order valence-corrected chi connectivity index (χ0v) is 10.1. The van der Waals surface area contributed by atoms with Gasteiger partial charge >= 0.3 is 0 Å². The summed E-state index contributed by atoms with van der Waals surface area (Å²) in [6.45, 7) is 2.44. The molecule has 2 bridgehead atoms. The summed E-state index contributed by atoms with van der Waals surface area (Å²) in [6, 6.07) is 0. The molecule has 0 aromatic rings. The van der Waals surface area contributed by atoms with Gasteiger partial charge in [0.15, 0.2) is 0 Å². The van der Waals surface area contributed by atoms with E-state index in [4.69, 9.17) is 0 Å². The average Bonchev–Trinajstić information content (AvgIpc) is 2.17. The van der Waals surface area contributed by atoms with Gasteiger partial charge in [-0.3, -0.25) is 0 Å². The Hall–Kier alpha value is 0.700. The van der Waals surface area contributed by atoms with Crippen molar-refractivity contribution in [1.82, 2.24) is 0 Å². The van der Waals surface area contributed by atoms with Crippen molar-refractivity contribution < 1.29 is 0 Å². The lowest BCUT2D eigenvalue weighted by atomic mass is 9.88. The van der Waals surface area contributed by atoms with E-state index in [0.29, 0.717) is 0 Å². The van der Waals surface area contributed by atoms with E-state index in [1.807, 2.05) is 0 Å². The van der Waals surface area contributed by atoms with Crippen LogP contribution in [0.5, 0.6) is 0 Å². The topological polar surface area (TPSA) is 0 Å². The lowest BCUT2D eigenvalue weighted by Gasteiger charge is -2.28. The molecule has 2 heteroatoms. The second-order valence-electron chi connectivity index (χ2n) is 4.71. The van der Waals surface area contributed by atoms with E-state index in [0.717, 1.165) is 17.8 Å². The van der Waals surface area contributed by atoms with Gasteiger partial charge in [0.05, 0.1) is 0 Å². The Labute approximate surface area is 90.6 Å². The van der Waals surface area contributed by atoms with Gasteiger partial charge < -0.3 is 0 Å². The molecular weight excluding hydrogens is 196 g/mol. The summed E-state index contributed by atoms with van der Waals surface area (Å²) >= 11 is 4.40. The Kier molecular flexibility index (Phi) is 3.91. The van der Waals surface area contributed by atoms with Crippen molar-refractivity contribution in [2.45, 2.75) is 26.2 Å². The van der Waals surface area contributed by atoms with E-state index >= 15 is 0 Å². The highest BCUT2D eigenvalue weighted by Crippen LogP contribution is 2.36. The molecule has 13 heavy (non-hydrogen) atoms. The maximum Gasteiger partial charge on any atom is -0.00386 e. The van der Waals surface area contributed by atoms with E-state index in [9.17, 15) is 0 Å². The summed E-state index contributed by atoms with van der Waals surface area (Å²) < 4.78 is 0. The van der Waals surface area contributed by atoms with E-state index < -0.39 is 0 Å². The van der Waals surface area contributed by atoms with Crippen LogP contribution in [0.2, 0.25) is 0 Å².